The number of ether oxygens (including phenoxy) is 1. The first-order valence-electron chi connectivity index (χ1n) is 9.50. The first-order chi connectivity index (χ1) is 14.9. The maximum atomic E-state index is 12.9. The van der Waals surface area contributed by atoms with Crippen LogP contribution >= 0.6 is 11.3 Å². The van der Waals surface area contributed by atoms with Crippen LogP contribution in [0.2, 0.25) is 0 Å². The Morgan fingerprint density at radius 3 is 2.55 bits per heavy atom. The van der Waals surface area contributed by atoms with Gasteiger partial charge in [0.1, 0.15) is 17.8 Å². The number of urea groups is 1. The molecule has 9 heteroatoms. The van der Waals surface area contributed by atoms with E-state index in [2.05, 4.69) is 15.6 Å². The molecule has 1 fully saturated rings. The van der Waals surface area contributed by atoms with E-state index in [9.17, 15) is 14.4 Å². The van der Waals surface area contributed by atoms with Crippen molar-refractivity contribution >= 4 is 34.3 Å². The largest absolute Gasteiger partial charge is 0.497 e. The zero-order valence-corrected chi connectivity index (χ0v) is 17.7. The van der Waals surface area contributed by atoms with Crippen LogP contribution in [0.5, 0.6) is 5.75 Å². The summed E-state index contributed by atoms with van der Waals surface area (Å²) in [5, 5.41) is 7.54. The van der Waals surface area contributed by atoms with E-state index in [0.717, 1.165) is 16.2 Å². The van der Waals surface area contributed by atoms with Crippen molar-refractivity contribution in [2.24, 2.45) is 0 Å². The molecule has 0 aliphatic carbocycles. The predicted molar refractivity (Wildman–Crippen MR) is 117 cm³/mol. The topological polar surface area (TPSA) is 101 Å². The van der Waals surface area contributed by atoms with Crippen LogP contribution in [0.4, 0.5) is 9.93 Å². The quantitative estimate of drug-likeness (QED) is 0.578. The Kier molecular flexibility index (Phi) is 5.43. The highest BCUT2D eigenvalue weighted by Crippen LogP contribution is 2.29. The fourth-order valence-electron chi connectivity index (χ4n) is 3.34. The van der Waals surface area contributed by atoms with Gasteiger partial charge in [-0.3, -0.25) is 14.5 Å². The molecule has 2 heterocycles. The number of hydrogen-bond donors (Lipinski definition) is 2. The number of benzene rings is 2. The smallest absolute Gasteiger partial charge is 0.325 e. The number of amides is 4. The molecule has 0 saturated carbocycles. The van der Waals surface area contributed by atoms with Gasteiger partial charge in [0.2, 0.25) is 5.91 Å². The van der Waals surface area contributed by atoms with Crippen LogP contribution in [-0.4, -0.2) is 41.4 Å². The van der Waals surface area contributed by atoms with Crippen LogP contribution < -0.4 is 15.4 Å². The van der Waals surface area contributed by atoms with E-state index in [1.807, 2.05) is 35.7 Å². The fourth-order valence-corrected chi connectivity index (χ4v) is 4.07. The molecule has 8 nitrogen and oxygen atoms in total. The maximum Gasteiger partial charge on any atom is 0.325 e. The summed E-state index contributed by atoms with van der Waals surface area (Å²) in [6.07, 6.45) is 0. The van der Waals surface area contributed by atoms with Crippen LogP contribution in [0.1, 0.15) is 12.5 Å². The van der Waals surface area contributed by atoms with Crippen molar-refractivity contribution in [3.8, 4) is 17.0 Å². The van der Waals surface area contributed by atoms with Crippen LogP contribution in [0, 0.1) is 0 Å². The lowest BCUT2D eigenvalue weighted by molar-refractivity contribution is -0.133. The second-order valence-corrected chi connectivity index (χ2v) is 7.99. The van der Waals surface area contributed by atoms with E-state index in [4.69, 9.17) is 4.74 Å². The van der Waals surface area contributed by atoms with Gasteiger partial charge in [-0.15, -0.1) is 11.3 Å². The summed E-state index contributed by atoms with van der Waals surface area (Å²) >= 11 is 1.26. The molecule has 4 rings (SSSR count). The molecule has 0 spiro atoms. The van der Waals surface area contributed by atoms with Gasteiger partial charge in [-0.1, -0.05) is 30.3 Å². The van der Waals surface area contributed by atoms with Crippen molar-refractivity contribution < 1.29 is 19.1 Å². The van der Waals surface area contributed by atoms with Crippen molar-refractivity contribution in [3.05, 3.63) is 65.5 Å². The number of thiazole rings is 1. The summed E-state index contributed by atoms with van der Waals surface area (Å²) in [5.74, 6) is -0.239. The van der Waals surface area contributed by atoms with E-state index in [-0.39, 0.29) is 0 Å². The van der Waals surface area contributed by atoms with Crippen LogP contribution in [-0.2, 0) is 15.1 Å². The molecule has 1 aliphatic heterocycles. The average molecular weight is 436 g/mol. The Morgan fingerprint density at radius 2 is 1.87 bits per heavy atom. The third kappa shape index (κ3) is 3.99. The minimum Gasteiger partial charge on any atom is -0.497 e. The van der Waals surface area contributed by atoms with Crippen molar-refractivity contribution in [1.29, 1.82) is 0 Å². The molecule has 0 radical (unpaired) electrons. The number of hydrogen-bond acceptors (Lipinski definition) is 6. The molecule has 2 aromatic carbocycles. The number of imide groups is 1. The van der Waals surface area contributed by atoms with E-state index < -0.39 is 29.9 Å². The number of nitrogens with one attached hydrogen (secondary N) is 2. The summed E-state index contributed by atoms with van der Waals surface area (Å²) in [6, 6.07) is 15.7. The minimum absolute atomic E-state index is 0.383. The Bertz CT molecular complexity index is 1130. The number of methoxy groups -OCH3 is 1. The monoisotopic (exact) mass is 436 g/mol. The molecule has 1 aromatic heterocycles. The minimum atomic E-state index is -1.21. The molecule has 31 heavy (non-hydrogen) atoms. The molecule has 0 unspecified atom stereocenters. The van der Waals surface area contributed by atoms with Crippen molar-refractivity contribution in [3.63, 3.8) is 0 Å². The lowest BCUT2D eigenvalue weighted by atomic mass is 9.92. The van der Waals surface area contributed by atoms with Crippen molar-refractivity contribution in [2.45, 2.75) is 12.5 Å². The van der Waals surface area contributed by atoms with Gasteiger partial charge in [0, 0.05) is 10.9 Å². The van der Waals surface area contributed by atoms with Gasteiger partial charge >= 0.3 is 6.03 Å². The molecule has 1 aliphatic rings. The summed E-state index contributed by atoms with van der Waals surface area (Å²) in [5.41, 5.74) is 1.03. The lowest BCUT2D eigenvalue weighted by Gasteiger charge is -2.21. The van der Waals surface area contributed by atoms with Crippen LogP contribution in [0.3, 0.4) is 0 Å². The zero-order chi connectivity index (χ0) is 22.0. The molecular weight excluding hydrogens is 416 g/mol. The second kappa shape index (κ2) is 8.19. The zero-order valence-electron chi connectivity index (χ0n) is 16.9. The third-order valence-corrected chi connectivity index (χ3v) is 5.82. The Morgan fingerprint density at radius 1 is 1.16 bits per heavy atom. The lowest BCUT2D eigenvalue weighted by Crippen LogP contribution is -2.42. The van der Waals surface area contributed by atoms with Gasteiger partial charge in [-0.25, -0.2) is 9.78 Å². The normalized spacial score (nSPS) is 18.1. The molecule has 1 saturated heterocycles. The van der Waals surface area contributed by atoms with E-state index in [0.29, 0.717) is 16.4 Å². The van der Waals surface area contributed by atoms with E-state index in [1.54, 1.807) is 38.3 Å². The SMILES string of the molecule is COc1ccc(-c2csc(NC(=O)CN3C(=O)N[C@@](C)(c4ccccc4)C3=O)n2)cc1. The van der Waals surface area contributed by atoms with Crippen molar-refractivity contribution in [2.75, 3.05) is 19.0 Å². The Hall–Kier alpha value is -3.72. The van der Waals surface area contributed by atoms with Gasteiger partial charge < -0.3 is 15.4 Å². The first-order valence-corrected chi connectivity index (χ1v) is 10.4. The number of rotatable bonds is 6. The molecule has 2 N–H and O–H groups in total. The molecule has 4 amide bonds. The molecule has 1 atom stereocenters. The highest BCUT2D eigenvalue weighted by Gasteiger charge is 2.49. The average Bonchev–Trinajstić information content (AvgIpc) is 3.33. The second-order valence-electron chi connectivity index (χ2n) is 7.13. The molecule has 0 bridgehead atoms. The summed E-state index contributed by atoms with van der Waals surface area (Å²) < 4.78 is 5.15. The van der Waals surface area contributed by atoms with Gasteiger partial charge in [0.15, 0.2) is 5.13 Å². The van der Waals surface area contributed by atoms with Gasteiger partial charge in [-0.2, -0.15) is 0 Å². The Labute approximate surface area is 182 Å². The maximum absolute atomic E-state index is 12.9. The van der Waals surface area contributed by atoms with E-state index in [1.165, 1.54) is 11.3 Å². The summed E-state index contributed by atoms with van der Waals surface area (Å²) in [7, 11) is 1.60. The number of carbonyl (C=O) groups excluding carboxylic acids is 3. The number of anilines is 1. The van der Waals surface area contributed by atoms with Crippen LogP contribution in [0.25, 0.3) is 11.3 Å². The third-order valence-electron chi connectivity index (χ3n) is 5.06. The first kappa shape index (κ1) is 20.5. The van der Waals surface area contributed by atoms with E-state index >= 15 is 0 Å². The standard InChI is InChI=1S/C22H20N4O4S/c1-22(15-6-4-3-5-7-15)19(28)26(21(29)25-22)12-18(27)24-20-23-17(13-31-20)14-8-10-16(30-2)11-9-14/h3-11,13H,12H2,1-2H3,(H,25,29)(H,23,24,27)/t22-/m0/s1. The number of aromatic nitrogens is 1. The Balaban J connectivity index is 1.43. The molecular formula is C22H20N4O4S. The van der Waals surface area contributed by atoms with Gasteiger partial charge in [-0.05, 0) is 36.8 Å². The predicted octanol–water partition coefficient (Wildman–Crippen LogP) is 3.22. The van der Waals surface area contributed by atoms with Gasteiger partial charge in [0.25, 0.3) is 5.91 Å². The molecule has 3 aromatic rings. The van der Waals surface area contributed by atoms with Crippen LogP contribution in [0.15, 0.2) is 60.0 Å². The highest BCUT2D eigenvalue weighted by atomic mass is 32.1. The highest BCUT2D eigenvalue weighted by molar-refractivity contribution is 7.14. The number of carbonyl (C=O) groups is 3. The van der Waals surface area contributed by atoms with Crippen molar-refractivity contribution in [1.82, 2.24) is 15.2 Å². The fraction of sp³-hybridized carbons (Fsp3) is 0.182. The molecule has 158 valence electrons. The number of nitrogens with zero attached hydrogens (tertiary/aromatic N) is 2. The summed E-state index contributed by atoms with van der Waals surface area (Å²) in [6.45, 7) is 1.23. The van der Waals surface area contributed by atoms with Gasteiger partial charge in [0.05, 0.1) is 12.8 Å². The summed E-state index contributed by atoms with van der Waals surface area (Å²) in [4.78, 5) is 43.1.